The fraction of sp³-hybridized carbons (Fsp3) is 0.0952. The van der Waals surface area contributed by atoms with Crippen molar-refractivity contribution in [2.45, 2.75) is 12.8 Å². The standard InChI is InChI=1S/C21H16O4/c1-12-19-10-15(23)6-8-17(19)18-9-7-16(11-20(12)18)25-21(24)13-2-4-14(22)5-3-13/h2-12,22-23H,1H3. The summed E-state index contributed by atoms with van der Waals surface area (Å²) in [6.45, 7) is 2.07. The zero-order chi connectivity index (χ0) is 17.6. The number of carbonyl (C=O) groups excluding carboxylic acids is 1. The third kappa shape index (κ3) is 2.62. The normalized spacial score (nSPS) is 14.7. The first-order valence-corrected chi connectivity index (χ1v) is 8.01. The van der Waals surface area contributed by atoms with Gasteiger partial charge in [0.15, 0.2) is 0 Å². The first-order chi connectivity index (χ1) is 12.0. The molecule has 4 rings (SSSR count). The average molecular weight is 332 g/mol. The SMILES string of the molecule is CC1c2cc(O)ccc2-c2ccc(OC(=O)c3ccc(O)cc3)cc21. The van der Waals surface area contributed by atoms with E-state index < -0.39 is 5.97 Å². The van der Waals surface area contributed by atoms with E-state index in [1.807, 2.05) is 18.2 Å². The van der Waals surface area contributed by atoms with Gasteiger partial charge >= 0.3 is 5.97 Å². The second kappa shape index (κ2) is 5.67. The van der Waals surface area contributed by atoms with E-state index in [2.05, 4.69) is 6.92 Å². The fourth-order valence-electron chi connectivity index (χ4n) is 3.29. The maximum Gasteiger partial charge on any atom is 0.343 e. The second-order valence-corrected chi connectivity index (χ2v) is 6.18. The summed E-state index contributed by atoms with van der Waals surface area (Å²) in [6, 6.07) is 16.9. The summed E-state index contributed by atoms with van der Waals surface area (Å²) in [4.78, 5) is 12.2. The van der Waals surface area contributed by atoms with Crippen molar-refractivity contribution in [3.8, 4) is 28.4 Å². The van der Waals surface area contributed by atoms with Crippen LogP contribution in [0.5, 0.6) is 17.2 Å². The van der Waals surface area contributed by atoms with Crippen molar-refractivity contribution in [2.75, 3.05) is 0 Å². The molecule has 0 spiro atoms. The van der Waals surface area contributed by atoms with Crippen molar-refractivity contribution in [3.63, 3.8) is 0 Å². The highest BCUT2D eigenvalue weighted by Gasteiger charge is 2.26. The quantitative estimate of drug-likeness (QED) is 0.537. The lowest BCUT2D eigenvalue weighted by molar-refractivity contribution is 0.0734. The van der Waals surface area contributed by atoms with E-state index in [1.54, 1.807) is 18.2 Å². The van der Waals surface area contributed by atoms with Gasteiger partial charge in [-0.25, -0.2) is 4.79 Å². The molecule has 0 aliphatic heterocycles. The molecule has 0 aromatic heterocycles. The summed E-state index contributed by atoms with van der Waals surface area (Å²) in [5, 5.41) is 19.0. The van der Waals surface area contributed by atoms with Crippen LogP contribution in [0.1, 0.15) is 34.3 Å². The molecule has 0 amide bonds. The van der Waals surface area contributed by atoms with Gasteiger partial charge in [-0.05, 0) is 70.8 Å². The third-order valence-corrected chi connectivity index (χ3v) is 4.59. The van der Waals surface area contributed by atoms with Crippen molar-refractivity contribution in [1.82, 2.24) is 0 Å². The summed E-state index contributed by atoms with van der Waals surface area (Å²) in [5.41, 5.74) is 4.69. The lowest BCUT2D eigenvalue weighted by Crippen LogP contribution is -2.08. The second-order valence-electron chi connectivity index (χ2n) is 6.18. The molecule has 3 aromatic rings. The number of esters is 1. The van der Waals surface area contributed by atoms with Crippen LogP contribution in [-0.4, -0.2) is 16.2 Å². The zero-order valence-corrected chi connectivity index (χ0v) is 13.6. The Balaban J connectivity index is 1.64. The number of phenolic OH excluding ortho intramolecular Hbond substituents is 2. The molecule has 0 radical (unpaired) electrons. The maximum atomic E-state index is 12.2. The van der Waals surface area contributed by atoms with Gasteiger partial charge in [0.05, 0.1) is 5.56 Å². The van der Waals surface area contributed by atoms with Gasteiger partial charge in [0.25, 0.3) is 0 Å². The molecule has 0 heterocycles. The minimum absolute atomic E-state index is 0.101. The summed E-state index contributed by atoms with van der Waals surface area (Å²) < 4.78 is 5.47. The number of hydrogen-bond donors (Lipinski definition) is 2. The average Bonchev–Trinajstić information content (AvgIpc) is 2.87. The van der Waals surface area contributed by atoms with Gasteiger partial charge in [0.1, 0.15) is 17.2 Å². The number of benzene rings is 3. The van der Waals surface area contributed by atoms with Gasteiger partial charge in [0.2, 0.25) is 0 Å². The van der Waals surface area contributed by atoms with E-state index >= 15 is 0 Å². The largest absolute Gasteiger partial charge is 0.508 e. The summed E-state index contributed by atoms with van der Waals surface area (Å²) in [5.74, 6) is 0.465. The molecule has 0 fully saturated rings. The van der Waals surface area contributed by atoms with Gasteiger partial charge in [-0.2, -0.15) is 0 Å². The van der Waals surface area contributed by atoms with Crippen LogP contribution >= 0.6 is 0 Å². The lowest BCUT2D eigenvalue weighted by Gasteiger charge is -2.09. The topological polar surface area (TPSA) is 66.8 Å². The van der Waals surface area contributed by atoms with E-state index in [9.17, 15) is 15.0 Å². The Kier molecular flexibility index (Phi) is 3.46. The van der Waals surface area contributed by atoms with E-state index in [-0.39, 0.29) is 17.4 Å². The number of fused-ring (bicyclic) bond motifs is 3. The Bertz CT molecular complexity index is 974. The summed E-state index contributed by atoms with van der Waals surface area (Å²) in [7, 11) is 0. The lowest BCUT2D eigenvalue weighted by atomic mass is 9.99. The molecule has 1 unspecified atom stereocenters. The van der Waals surface area contributed by atoms with Gasteiger partial charge in [0, 0.05) is 5.92 Å². The molecule has 4 nitrogen and oxygen atoms in total. The van der Waals surface area contributed by atoms with Crippen molar-refractivity contribution in [3.05, 3.63) is 77.4 Å². The Morgan fingerprint density at radius 2 is 1.44 bits per heavy atom. The molecule has 0 bridgehead atoms. The van der Waals surface area contributed by atoms with E-state index in [1.165, 1.54) is 24.3 Å². The first-order valence-electron chi connectivity index (χ1n) is 8.01. The van der Waals surface area contributed by atoms with E-state index in [0.717, 1.165) is 22.3 Å². The number of hydrogen-bond acceptors (Lipinski definition) is 4. The van der Waals surface area contributed by atoms with E-state index in [0.29, 0.717) is 11.3 Å². The molecule has 0 saturated carbocycles. The molecule has 2 N–H and O–H groups in total. The van der Waals surface area contributed by atoms with Crippen LogP contribution in [0.3, 0.4) is 0 Å². The highest BCUT2D eigenvalue weighted by Crippen LogP contribution is 2.46. The van der Waals surface area contributed by atoms with Gasteiger partial charge in [-0.1, -0.05) is 19.1 Å². The van der Waals surface area contributed by atoms with Crippen molar-refractivity contribution < 1.29 is 19.7 Å². The molecule has 124 valence electrons. The highest BCUT2D eigenvalue weighted by atomic mass is 16.5. The minimum Gasteiger partial charge on any atom is -0.508 e. The van der Waals surface area contributed by atoms with E-state index in [4.69, 9.17) is 4.74 Å². The summed E-state index contributed by atoms with van der Waals surface area (Å²) in [6.07, 6.45) is 0. The fourth-order valence-corrected chi connectivity index (χ4v) is 3.29. The monoisotopic (exact) mass is 332 g/mol. The molecule has 3 aromatic carbocycles. The Hall–Kier alpha value is -3.27. The van der Waals surface area contributed by atoms with Crippen LogP contribution in [0.25, 0.3) is 11.1 Å². The van der Waals surface area contributed by atoms with Gasteiger partial charge in [-0.3, -0.25) is 0 Å². The minimum atomic E-state index is -0.472. The maximum absolute atomic E-state index is 12.2. The van der Waals surface area contributed by atoms with Gasteiger partial charge in [-0.15, -0.1) is 0 Å². The van der Waals surface area contributed by atoms with Crippen molar-refractivity contribution in [2.24, 2.45) is 0 Å². The summed E-state index contributed by atoms with van der Waals surface area (Å²) >= 11 is 0. The van der Waals surface area contributed by atoms with Crippen LogP contribution in [-0.2, 0) is 0 Å². The Morgan fingerprint density at radius 1 is 0.840 bits per heavy atom. The Labute approximate surface area is 144 Å². The van der Waals surface area contributed by atoms with Crippen LogP contribution in [0.4, 0.5) is 0 Å². The molecule has 1 aliphatic carbocycles. The highest BCUT2D eigenvalue weighted by molar-refractivity contribution is 5.91. The van der Waals surface area contributed by atoms with Crippen LogP contribution in [0.2, 0.25) is 0 Å². The molecule has 25 heavy (non-hydrogen) atoms. The number of carbonyl (C=O) groups is 1. The predicted octanol–water partition coefficient (Wildman–Crippen LogP) is 4.45. The number of phenols is 2. The first kappa shape index (κ1) is 15.3. The van der Waals surface area contributed by atoms with Crippen LogP contribution in [0, 0.1) is 0 Å². The smallest absolute Gasteiger partial charge is 0.343 e. The van der Waals surface area contributed by atoms with Crippen LogP contribution < -0.4 is 4.74 Å². The number of rotatable bonds is 2. The molecule has 4 heteroatoms. The molecular weight excluding hydrogens is 316 g/mol. The zero-order valence-electron chi connectivity index (χ0n) is 13.6. The van der Waals surface area contributed by atoms with Gasteiger partial charge < -0.3 is 14.9 Å². The van der Waals surface area contributed by atoms with Crippen molar-refractivity contribution in [1.29, 1.82) is 0 Å². The molecule has 0 saturated heterocycles. The predicted molar refractivity (Wildman–Crippen MR) is 94.1 cm³/mol. The Morgan fingerprint density at radius 3 is 2.16 bits per heavy atom. The van der Waals surface area contributed by atoms with Crippen LogP contribution in [0.15, 0.2) is 60.7 Å². The molecular formula is C21H16O4. The molecule has 1 aliphatic rings. The molecule has 1 atom stereocenters. The number of aromatic hydroxyl groups is 2. The van der Waals surface area contributed by atoms with Crippen molar-refractivity contribution >= 4 is 5.97 Å². The third-order valence-electron chi connectivity index (χ3n) is 4.59. The number of ether oxygens (including phenoxy) is 1.